The zero-order chi connectivity index (χ0) is 37.6. The van der Waals surface area contributed by atoms with Crippen LogP contribution in [-0.2, 0) is 38.2 Å². The van der Waals surface area contributed by atoms with Gasteiger partial charge in [0.2, 0.25) is 11.9 Å². The first kappa shape index (κ1) is 41.5. The van der Waals surface area contributed by atoms with Gasteiger partial charge in [0.25, 0.3) is 0 Å². The molecule has 1 aliphatic heterocycles. The van der Waals surface area contributed by atoms with E-state index in [4.69, 9.17) is 9.47 Å². The van der Waals surface area contributed by atoms with E-state index >= 15 is 0 Å². The Bertz CT molecular complexity index is 1580. The first-order valence-corrected chi connectivity index (χ1v) is 16.5. The third-order valence-electron chi connectivity index (χ3n) is 7.93. The van der Waals surface area contributed by atoms with Gasteiger partial charge in [-0.25, -0.2) is 4.79 Å². The molecule has 10 nitrogen and oxygen atoms in total. The Kier molecular flexibility index (Phi) is 16.2. The minimum absolute atomic E-state index is 0.256. The minimum atomic E-state index is -1.99. The van der Waals surface area contributed by atoms with Crippen LogP contribution in [0.1, 0.15) is 74.7 Å². The summed E-state index contributed by atoms with van der Waals surface area (Å²) in [5.41, 5.74) is 5.32. The summed E-state index contributed by atoms with van der Waals surface area (Å²) in [4.78, 5) is 60.8. The van der Waals surface area contributed by atoms with Crippen molar-refractivity contribution in [1.29, 1.82) is 0 Å². The molecule has 4 atom stereocenters. The van der Waals surface area contributed by atoms with Gasteiger partial charge in [-0.1, -0.05) is 109 Å². The average molecular weight is 691 g/mol. The topological polar surface area (TPSA) is 154 Å². The molecule has 10 heteroatoms. The zero-order valence-electron chi connectivity index (χ0n) is 30.2. The fourth-order valence-electron chi connectivity index (χ4n) is 5.08. The van der Waals surface area contributed by atoms with E-state index in [1.807, 2.05) is 88.5 Å². The van der Waals surface area contributed by atoms with Crippen LogP contribution in [0.15, 0.2) is 106 Å². The van der Waals surface area contributed by atoms with Gasteiger partial charge in [0.15, 0.2) is 18.0 Å². The predicted molar refractivity (Wildman–Crippen MR) is 190 cm³/mol. The van der Waals surface area contributed by atoms with Crippen molar-refractivity contribution in [2.75, 3.05) is 6.61 Å². The number of esters is 3. The lowest BCUT2D eigenvalue weighted by Gasteiger charge is -2.36. The largest absolute Gasteiger partial charge is 0.463 e. The van der Waals surface area contributed by atoms with E-state index in [0.29, 0.717) is 5.57 Å². The quantitative estimate of drug-likeness (QED) is 0.0935. The number of hydrogen-bond donors (Lipinski definition) is 2. The van der Waals surface area contributed by atoms with Crippen molar-refractivity contribution in [3.63, 3.8) is 0 Å². The summed E-state index contributed by atoms with van der Waals surface area (Å²) in [6.45, 7) is 15.1. The van der Waals surface area contributed by atoms with Gasteiger partial charge in [-0.05, 0) is 58.1 Å². The van der Waals surface area contributed by atoms with Crippen LogP contribution in [0, 0.1) is 5.41 Å². The standard InChI is InChI=1S/C40H50O10/c1-25(2)13-11-16-26(3)14-9-10-15-27(4)17-12-18-28(5)19-20-30-29(6)35(44)32(23-40(30,7)8)49-34(43)22-21-33(42)48-24-31(41)38-36(45)37(46)39(47)50-38/h9-20,31-32,37-38,41,46H,21-24H2,1-8H3/t31-,32?,37?,38+/m0/s1. The van der Waals surface area contributed by atoms with Crippen LogP contribution in [-0.4, -0.2) is 70.7 Å². The number of carbonyl (C=O) groups excluding carboxylic acids is 5. The zero-order valence-corrected chi connectivity index (χ0v) is 30.2. The fraction of sp³-hybridized carbons (Fsp3) is 0.425. The number of cyclic esters (lactones) is 1. The van der Waals surface area contributed by atoms with Crippen molar-refractivity contribution < 1.29 is 48.4 Å². The van der Waals surface area contributed by atoms with Gasteiger partial charge in [-0.2, -0.15) is 0 Å². The summed E-state index contributed by atoms with van der Waals surface area (Å²) in [6.07, 6.45) is 17.2. The summed E-state index contributed by atoms with van der Waals surface area (Å²) < 4.78 is 14.9. The van der Waals surface area contributed by atoms with Gasteiger partial charge >= 0.3 is 17.9 Å². The highest BCUT2D eigenvalue weighted by molar-refractivity contribution is 6.09. The highest BCUT2D eigenvalue weighted by atomic mass is 16.6. The van der Waals surface area contributed by atoms with Crippen LogP contribution >= 0.6 is 0 Å². The number of Topliss-reactive ketones (excluding diaryl/α,β-unsaturated/α-hetero) is 2. The molecule has 0 aromatic carbocycles. The summed E-state index contributed by atoms with van der Waals surface area (Å²) in [7, 11) is 0. The monoisotopic (exact) mass is 690 g/mol. The number of aliphatic hydroxyl groups is 2. The second-order valence-electron chi connectivity index (χ2n) is 13.3. The molecule has 0 radical (unpaired) electrons. The first-order chi connectivity index (χ1) is 23.4. The Hall–Kier alpha value is -4.67. The van der Waals surface area contributed by atoms with E-state index in [0.717, 1.165) is 22.3 Å². The molecule has 0 aromatic rings. The Morgan fingerprint density at radius 1 is 0.860 bits per heavy atom. The van der Waals surface area contributed by atoms with Crippen LogP contribution in [0.25, 0.3) is 0 Å². The molecule has 2 unspecified atom stereocenters. The molecule has 1 fully saturated rings. The number of allylic oxidation sites excluding steroid dienone is 17. The number of carbonyl (C=O) groups is 5. The van der Waals surface area contributed by atoms with Gasteiger partial charge < -0.3 is 24.4 Å². The average Bonchev–Trinajstić information content (AvgIpc) is 3.30. The molecule has 2 N–H and O–H groups in total. The van der Waals surface area contributed by atoms with Crippen molar-refractivity contribution in [3.05, 3.63) is 106 Å². The molecule has 0 aromatic heterocycles. The van der Waals surface area contributed by atoms with Gasteiger partial charge in [0, 0.05) is 6.42 Å². The maximum Gasteiger partial charge on any atom is 0.343 e. The molecule has 0 amide bonds. The minimum Gasteiger partial charge on any atom is -0.463 e. The van der Waals surface area contributed by atoms with Crippen LogP contribution in [0.2, 0.25) is 0 Å². The molecular formula is C40H50O10. The first-order valence-electron chi connectivity index (χ1n) is 16.5. The number of ether oxygens (including phenoxy) is 3. The molecular weight excluding hydrogens is 640 g/mol. The van der Waals surface area contributed by atoms with Crippen LogP contribution in [0.3, 0.4) is 0 Å². The van der Waals surface area contributed by atoms with E-state index in [1.165, 1.54) is 5.57 Å². The molecule has 1 heterocycles. The van der Waals surface area contributed by atoms with Gasteiger partial charge in [0.1, 0.15) is 12.7 Å². The Labute approximate surface area is 294 Å². The van der Waals surface area contributed by atoms with Crippen molar-refractivity contribution in [1.82, 2.24) is 0 Å². The van der Waals surface area contributed by atoms with E-state index in [1.54, 1.807) is 6.92 Å². The molecule has 0 bridgehead atoms. The number of ketones is 2. The Morgan fingerprint density at radius 2 is 1.40 bits per heavy atom. The summed E-state index contributed by atoms with van der Waals surface area (Å²) in [5.74, 6) is -4.18. The third kappa shape index (κ3) is 13.3. The predicted octanol–water partition coefficient (Wildman–Crippen LogP) is 5.78. The number of rotatable bonds is 15. The van der Waals surface area contributed by atoms with E-state index in [9.17, 15) is 34.2 Å². The molecule has 270 valence electrons. The smallest absolute Gasteiger partial charge is 0.343 e. The highest BCUT2D eigenvalue weighted by Crippen LogP contribution is 2.41. The normalized spacial score (nSPS) is 22.6. The molecule has 1 aliphatic carbocycles. The lowest BCUT2D eigenvalue weighted by molar-refractivity contribution is -0.160. The van der Waals surface area contributed by atoms with Gasteiger partial charge in [0.05, 0.1) is 12.8 Å². The van der Waals surface area contributed by atoms with Crippen molar-refractivity contribution in [3.8, 4) is 0 Å². The SMILES string of the molecule is CC(C)=CC=CC(C)=CC=CC=C(C)C=CC=C(C)C=CC1=C(C)C(=O)C(OC(=O)CCC(=O)OC[C@H](O)[C@H]2OC(=O)C(O)C2=O)CC1(C)C. The number of hydrogen-bond acceptors (Lipinski definition) is 10. The van der Waals surface area contributed by atoms with Gasteiger partial charge in [-0.15, -0.1) is 0 Å². The summed E-state index contributed by atoms with van der Waals surface area (Å²) in [5, 5.41) is 19.3. The molecule has 2 aliphatic rings. The van der Waals surface area contributed by atoms with Crippen molar-refractivity contribution in [2.45, 2.75) is 99.1 Å². The second-order valence-corrected chi connectivity index (χ2v) is 13.3. The van der Waals surface area contributed by atoms with E-state index in [2.05, 4.69) is 37.7 Å². The van der Waals surface area contributed by atoms with Crippen LogP contribution in [0.4, 0.5) is 0 Å². The summed E-state index contributed by atoms with van der Waals surface area (Å²) >= 11 is 0. The van der Waals surface area contributed by atoms with Crippen LogP contribution < -0.4 is 0 Å². The highest BCUT2D eigenvalue weighted by Gasteiger charge is 2.46. The maximum absolute atomic E-state index is 13.2. The maximum atomic E-state index is 13.2. The Balaban J connectivity index is 1.91. The lowest BCUT2D eigenvalue weighted by Crippen LogP contribution is -2.39. The van der Waals surface area contributed by atoms with E-state index < -0.39 is 66.5 Å². The molecule has 0 saturated carbocycles. The molecule has 50 heavy (non-hydrogen) atoms. The van der Waals surface area contributed by atoms with Crippen molar-refractivity contribution in [2.24, 2.45) is 5.41 Å². The lowest BCUT2D eigenvalue weighted by atomic mass is 9.71. The number of aliphatic hydroxyl groups excluding tert-OH is 2. The van der Waals surface area contributed by atoms with Crippen molar-refractivity contribution >= 4 is 29.5 Å². The van der Waals surface area contributed by atoms with Gasteiger partial charge in [-0.3, -0.25) is 19.2 Å². The molecule has 1 saturated heterocycles. The molecule has 0 spiro atoms. The molecule has 2 rings (SSSR count). The van der Waals surface area contributed by atoms with E-state index in [-0.39, 0.29) is 18.6 Å². The third-order valence-corrected chi connectivity index (χ3v) is 7.93. The van der Waals surface area contributed by atoms with Crippen LogP contribution in [0.5, 0.6) is 0 Å². The summed E-state index contributed by atoms with van der Waals surface area (Å²) in [6, 6.07) is 0. The fourth-order valence-corrected chi connectivity index (χ4v) is 5.08. The Morgan fingerprint density at radius 3 is 1.96 bits per heavy atom. The second kappa shape index (κ2) is 19.5.